The molecule has 5 nitrogen and oxygen atoms in total. The van der Waals surface area contributed by atoms with Crippen LogP contribution in [0.25, 0.3) is 0 Å². The van der Waals surface area contributed by atoms with Crippen molar-refractivity contribution < 1.29 is 21.6 Å². The lowest BCUT2D eigenvalue weighted by Crippen LogP contribution is -2.51. The number of rotatable bonds is 5. The van der Waals surface area contributed by atoms with E-state index in [1.165, 1.54) is 32.2 Å². The summed E-state index contributed by atoms with van der Waals surface area (Å²) in [7, 11) is -3.48. The molecule has 9 heteroatoms. The van der Waals surface area contributed by atoms with Gasteiger partial charge in [-0.1, -0.05) is 13.8 Å². The van der Waals surface area contributed by atoms with Crippen LogP contribution in [-0.4, -0.2) is 30.9 Å². The average molecular weight is 337 g/mol. The summed E-state index contributed by atoms with van der Waals surface area (Å²) in [6.45, 7) is 2.65. The average Bonchev–Trinajstić information content (AvgIpc) is 3.21. The first-order valence-electron chi connectivity index (χ1n) is 6.75. The van der Waals surface area contributed by atoms with E-state index in [2.05, 4.69) is 9.71 Å². The minimum absolute atomic E-state index is 0.0771. The lowest BCUT2D eigenvalue weighted by atomic mass is 9.80. The number of nitrogens with zero attached hydrogens (tertiary/aromatic N) is 1. The molecule has 0 aliphatic heterocycles. The number of alkyl halides is 3. The van der Waals surface area contributed by atoms with Crippen molar-refractivity contribution >= 4 is 15.7 Å². The summed E-state index contributed by atoms with van der Waals surface area (Å²) in [4.78, 5) is 3.92. The van der Waals surface area contributed by atoms with Crippen LogP contribution < -0.4 is 10.5 Å². The van der Waals surface area contributed by atoms with Crippen molar-refractivity contribution in [3.8, 4) is 0 Å². The minimum atomic E-state index is -4.57. The van der Waals surface area contributed by atoms with Gasteiger partial charge in [-0.3, -0.25) is 9.71 Å². The number of anilines is 1. The molecule has 1 unspecified atom stereocenters. The summed E-state index contributed by atoms with van der Waals surface area (Å²) in [5.74, 6) is 0. The summed E-state index contributed by atoms with van der Waals surface area (Å²) in [6.07, 6.45) is -2.12. The minimum Gasteiger partial charge on any atom is -0.319 e. The van der Waals surface area contributed by atoms with Gasteiger partial charge in [0.15, 0.2) is 0 Å². The largest absolute Gasteiger partial charge is 0.404 e. The zero-order chi connectivity index (χ0) is 16.8. The third-order valence-electron chi connectivity index (χ3n) is 3.77. The van der Waals surface area contributed by atoms with Crippen molar-refractivity contribution in [1.82, 2.24) is 4.98 Å². The molecule has 0 aromatic carbocycles. The van der Waals surface area contributed by atoms with Gasteiger partial charge in [-0.25, -0.2) is 8.42 Å². The Morgan fingerprint density at radius 2 is 1.95 bits per heavy atom. The predicted molar refractivity (Wildman–Crippen MR) is 76.9 cm³/mol. The first-order chi connectivity index (χ1) is 9.94. The van der Waals surface area contributed by atoms with E-state index in [9.17, 15) is 21.6 Å². The molecule has 0 radical (unpaired) electrons. The summed E-state index contributed by atoms with van der Waals surface area (Å²) >= 11 is 0. The van der Waals surface area contributed by atoms with Crippen molar-refractivity contribution in [1.29, 1.82) is 0 Å². The number of sulfonamides is 1. The highest BCUT2D eigenvalue weighted by Crippen LogP contribution is 2.35. The molecule has 1 aliphatic carbocycles. The first-order valence-corrected chi connectivity index (χ1v) is 8.29. The van der Waals surface area contributed by atoms with Gasteiger partial charge in [-0.15, -0.1) is 0 Å². The van der Waals surface area contributed by atoms with E-state index >= 15 is 0 Å². The fourth-order valence-electron chi connectivity index (χ4n) is 2.04. The van der Waals surface area contributed by atoms with Crippen molar-refractivity contribution in [2.24, 2.45) is 5.73 Å². The molecule has 1 heterocycles. The molecule has 1 aliphatic rings. The number of nitrogens with one attached hydrogen (secondary N) is 1. The quantitative estimate of drug-likeness (QED) is 0.862. The Morgan fingerprint density at radius 1 is 1.36 bits per heavy atom. The second-order valence-corrected chi connectivity index (χ2v) is 7.98. The van der Waals surface area contributed by atoms with E-state index in [1.807, 2.05) is 0 Å². The van der Waals surface area contributed by atoms with E-state index in [0.717, 1.165) is 0 Å². The number of hydrogen-bond acceptors (Lipinski definition) is 4. The van der Waals surface area contributed by atoms with E-state index in [4.69, 9.17) is 5.73 Å². The van der Waals surface area contributed by atoms with Crippen LogP contribution in [0.15, 0.2) is 18.3 Å². The van der Waals surface area contributed by atoms with Crippen LogP contribution >= 0.6 is 0 Å². The molecule has 0 bridgehead atoms. The van der Waals surface area contributed by atoms with Crippen LogP contribution in [0.3, 0.4) is 0 Å². The van der Waals surface area contributed by atoms with Crippen LogP contribution in [0.5, 0.6) is 0 Å². The van der Waals surface area contributed by atoms with Crippen molar-refractivity contribution in [2.45, 2.75) is 49.6 Å². The molecule has 2 rings (SSSR count). The predicted octanol–water partition coefficient (Wildman–Crippen LogP) is 2.15. The molecule has 0 spiro atoms. The van der Waals surface area contributed by atoms with Crippen molar-refractivity contribution in [3.05, 3.63) is 24.0 Å². The van der Waals surface area contributed by atoms with Crippen LogP contribution in [0.2, 0.25) is 0 Å². The van der Waals surface area contributed by atoms with Crippen LogP contribution in [0.4, 0.5) is 18.9 Å². The van der Waals surface area contributed by atoms with Crippen LogP contribution in [0.1, 0.15) is 32.4 Å². The maximum Gasteiger partial charge on any atom is 0.404 e. The topological polar surface area (TPSA) is 85.1 Å². The molecule has 1 aromatic heterocycles. The molecule has 124 valence electrons. The van der Waals surface area contributed by atoms with Gasteiger partial charge < -0.3 is 5.73 Å². The van der Waals surface area contributed by atoms with Gasteiger partial charge in [0.05, 0.1) is 10.9 Å². The van der Waals surface area contributed by atoms with E-state index in [1.54, 1.807) is 0 Å². The maximum absolute atomic E-state index is 12.9. The number of aromatic nitrogens is 1. The Hall–Kier alpha value is -1.35. The normalized spacial score (nSPS) is 18.1. The Bertz CT molecular complexity index is 655. The fourth-order valence-corrected chi connectivity index (χ4v) is 3.42. The zero-order valence-corrected chi connectivity index (χ0v) is 13.0. The summed E-state index contributed by atoms with van der Waals surface area (Å²) in [6, 6.07) is 0.590. The highest BCUT2D eigenvalue weighted by Gasteiger charge is 2.48. The molecule has 1 fully saturated rings. The number of hydrogen-bond donors (Lipinski definition) is 2. The zero-order valence-electron chi connectivity index (χ0n) is 12.2. The molecular formula is C13H18F3N3O2S. The number of pyridine rings is 1. The Labute approximate surface area is 127 Å². The van der Waals surface area contributed by atoms with E-state index in [0.29, 0.717) is 12.8 Å². The second-order valence-electron chi connectivity index (χ2n) is 6.02. The van der Waals surface area contributed by atoms with Gasteiger partial charge in [0, 0.05) is 17.3 Å². The smallest absolute Gasteiger partial charge is 0.319 e. The van der Waals surface area contributed by atoms with Gasteiger partial charge in [0.25, 0.3) is 0 Å². The van der Waals surface area contributed by atoms with Crippen molar-refractivity contribution in [2.75, 3.05) is 4.72 Å². The Kier molecular flexibility index (Phi) is 4.16. The molecule has 0 amide bonds. The van der Waals surface area contributed by atoms with Gasteiger partial charge in [0.2, 0.25) is 10.0 Å². The van der Waals surface area contributed by atoms with Gasteiger partial charge in [-0.2, -0.15) is 13.2 Å². The second kappa shape index (κ2) is 5.38. The molecule has 22 heavy (non-hydrogen) atoms. The Balaban J connectivity index is 2.28. The standard InChI is InChI=1S/C13H18F3N3O2S/c1-12(2,11(17)13(14,15)16)10-7-8(5-6-18-10)19-22(20,21)9-3-4-9/h5-7,9,11H,3-4,17H2,1-2H3,(H,18,19). The molecule has 0 saturated heterocycles. The molecule has 1 saturated carbocycles. The number of nitrogens with two attached hydrogens (primary N) is 1. The van der Waals surface area contributed by atoms with Gasteiger partial charge >= 0.3 is 6.18 Å². The molecular weight excluding hydrogens is 319 g/mol. The van der Waals surface area contributed by atoms with E-state index < -0.39 is 32.9 Å². The Morgan fingerprint density at radius 3 is 2.45 bits per heavy atom. The third-order valence-corrected chi connectivity index (χ3v) is 5.64. The van der Waals surface area contributed by atoms with Gasteiger partial charge in [-0.05, 0) is 25.0 Å². The third kappa shape index (κ3) is 3.52. The lowest BCUT2D eigenvalue weighted by Gasteiger charge is -2.32. The SMILES string of the molecule is CC(C)(c1cc(NS(=O)(=O)C2CC2)ccn1)C(N)C(F)(F)F. The first kappa shape index (κ1) is 17.0. The lowest BCUT2D eigenvalue weighted by molar-refractivity contribution is -0.160. The van der Waals surface area contributed by atoms with E-state index in [-0.39, 0.29) is 11.4 Å². The van der Waals surface area contributed by atoms with Crippen LogP contribution in [-0.2, 0) is 15.4 Å². The molecule has 3 N–H and O–H groups in total. The molecule has 1 atom stereocenters. The van der Waals surface area contributed by atoms with Crippen LogP contribution in [0, 0.1) is 0 Å². The molecule has 1 aromatic rings. The fraction of sp³-hybridized carbons (Fsp3) is 0.615. The monoisotopic (exact) mass is 337 g/mol. The maximum atomic E-state index is 12.9. The van der Waals surface area contributed by atoms with Gasteiger partial charge in [0.1, 0.15) is 6.04 Å². The van der Waals surface area contributed by atoms with Crippen molar-refractivity contribution in [3.63, 3.8) is 0 Å². The summed E-state index contributed by atoms with van der Waals surface area (Å²) < 4.78 is 64.7. The highest BCUT2D eigenvalue weighted by atomic mass is 32.2. The summed E-state index contributed by atoms with van der Waals surface area (Å²) in [5.41, 5.74) is 4.08. The summed E-state index contributed by atoms with van der Waals surface area (Å²) in [5, 5.41) is -0.422. The number of halogens is 3. The highest BCUT2D eigenvalue weighted by molar-refractivity contribution is 7.93.